The van der Waals surface area contributed by atoms with E-state index in [-0.39, 0.29) is 17.5 Å². The number of anilines is 1. The molecule has 1 aliphatic heterocycles. The normalized spacial score (nSPS) is 15.0. The fraction of sp³-hybridized carbons (Fsp3) is 0.192. The van der Waals surface area contributed by atoms with E-state index in [9.17, 15) is 9.59 Å². The number of fused-ring (bicyclic) bond motifs is 1. The van der Waals surface area contributed by atoms with Gasteiger partial charge in [0.25, 0.3) is 0 Å². The van der Waals surface area contributed by atoms with Crippen molar-refractivity contribution in [1.29, 1.82) is 0 Å². The third-order valence-corrected chi connectivity index (χ3v) is 5.62. The minimum atomic E-state index is -0.732. The number of benzene rings is 3. The Kier molecular flexibility index (Phi) is 6.66. The number of carbonyl (C=O) groups excluding carboxylic acids is 2. The van der Waals surface area contributed by atoms with Crippen molar-refractivity contribution in [1.82, 2.24) is 5.32 Å². The van der Waals surface area contributed by atoms with Gasteiger partial charge in [-0.2, -0.15) is 0 Å². The molecule has 32 heavy (non-hydrogen) atoms. The molecule has 1 atom stereocenters. The number of nitrogens with one attached hydrogen (secondary N) is 1. The van der Waals surface area contributed by atoms with Crippen molar-refractivity contribution in [2.75, 3.05) is 11.4 Å². The number of para-hydroxylation sites is 1. The zero-order chi connectivity index (χ0) is 22.5. The van der Waals surface area contributed by atoms with E-state index >= 15 is 0 Å². The lowest BCUT2D eigenvalue weighted by Crippen LogP contribution is -2.48. The quantitative estimate of drug-likeness (QED) is 0.373. The van der Waals surface area contributed by atoms with Crippen molar-refractivity contribution in [2.24, 2.45) is 4.99 Å². The average molecular weight is 446 g/mol. The molecule has 6 heteroatoms. The van der Waals surface area contributed by atoms with E-state index in [0.717, 1.165) is 18.4 Å². The first-order chi connectivity index (χ1) is 15.6. The minimum absolute atomic E-state index is 0.172. The van der Waals surface area contributed by atoms with Crippen LogP contribution >= 0.6 is 11.6 Å². The maximum absolute atomic E-state index is 13.6. The van der Waals surface area contributed by atoms with Gasteiger partial charge in [-0.15, -0.1) is 0 Å². The second kappa shape index (κ2) is 9.79. The molecule has 0 aromatic heterocycles. The van der Waals surface area contributed by atoms with Crippen molar-refractivity contribution in [3.8, 4) is 0 Å². The summed E-state index contributed by atoms with van der Waals surface area (Å²) in [6.07, 6.45) is 1.85. The SMILES string of the molecule is CCCCNC(=O)C1c2ccccc2N=C(C(=O)c2ccccc2)N1c1ccc(Cl)cc1. The van der Waals surface area contributed by atoms with Crippen LogP contribution in [-0.4, -0.2) is 24.1 Å². The second-order valence-corrected chi connectivity index (χ2v) is 8.02. The summed E-state index contributed by atoms with van der Waals surface area (Å²) in [7, 11) is 0. The standard InChI is InChI=1S/C26H24ClN3O2/c1-2-3-17-28-26(32)23-21-11-7-8-12-22(21)29-25(24(31)18-9-5-4-6-10-18)30(23)20-15-13-19(27)14-16-20/h4-16,23H,2-3,17H2,1H3,(H,28,32). The van der Waals surface area contributed by atoms with Crippen molar-refractivity contribution < 1.29 is 9.59 Å². The summed E-state index contributed by atoms with van der Waals surface area (Å²) in [5.74, 6) is -0.219. The molecule has 0 saturated carbocycles. The van der Waals surface area contributed by atoms with Crippen molar-refractivity contribution in [2.45, 2.75) is 25.8 Å². The van der Waals surface area contributed by atoms with Gasteiger partial charge in [-0.05, 0) is 36.8 Å². The first kappa shape index (κ1) is 21.8. The van der Waals surface area contributed by atoms with Crippen LogP contribution in [0.25, 0.3) is 0 Å². The molecule has 5 nitrogen and oxygen atoms in total. The van der Waals surface area contributed by atoms with Crippen LogP contribution in [0.1, 0.15) is 41.7 Å². The first-order valence-electron chi connectivity index (χ1n) is 10.7. The van der Waals surface area contributed by atoms with E-state index in [1.807, 2.05) is 42.5 Å². The first-order valence-corrected chi connectivity index (χ1v) is 11.1. The minimum Gasteiger partial charge on any atom is -0.354 e. The number of nitrogens with zero attached hydrogens (tertiary/aromatic N) is 2. The van der Waals surface area contributed by atoms with E-state index in [2.05, 4.69) is 12.2 Å². The summed E-state index contributed by atoms with van der Waals surface area (Å²) in [6, 6.07) is 22.8. The maximum atomic E-state index is 13.6. The molecule has 1 heterocycles. The number of rotatable bonds is 7. The summed E-state index contributed by atoms with van der Waals surface area (Å²) >= 11 is 6.11. The van der Waals surface area contributed by atoms with Crippen molar-refractivity contribution in [3.05, 3.63) is 95.0 Å². The van der Waals surface area contributed by atoms with Crippen LogP contribution in [0.5, 0.6) is 0 Å². The molecule has 3 aromatic carbocycles. The molecule has 1 N–H and O–H groups in total. The molecule has 3 aromatic rings. The number of hydrogen-bond donors (Lipinski definition) is 1. The molecule has 4 rings (SSSR count). The van der Waals surface area contributed by atoms with Crippen LogP contribution < -0.4 is 10.2 Å². The molecule has 1 amide bonds. The van der Waals surface area contributed by atoms with Crippen LogP contribution in [-0.2, 0) is 4.79 Å². The highest BCUT2D eigenvalue weighted by Crippen LogP contribution is 2.39. The monoisotopic (exact) mass is 445 g/mol. The summed E-state index contributed by atoms with van der Waals surface area (Å²) in [5.41, 5.74) is 2.55. The molecule has 0 saturated heterocycles. The van der Waals surface area contributed by atoms with Crippen LogP contribution in [0, 0.1) is 0 Å². The van der Waals surface area contributed by atoms with Gasteiger partial charge in [-0.3, -0.25) is 9.59 Å². The van der Waals surface area contributed by atoms with Gasteiger partial charge in [0.15, 0.2) is 5.84 Å². The van der Waals surface area contributed by atoms with E-state index in [4.69, 9.17) is 16.6 Å². The Labute approximate surface area is 192 Å². The third kappa shape index (κ3) is 4.43. The summed E-state index contributed by atoms with van der Waals surface area (Å²) in [5, 5.41) is 3.60. The van der Waals surface area contributed by atoms with E-state index in [1.165, 1.54) is 0 Å². The number of amides is 1. The Morgan fingerprint density at radius 3 is 2.38 bits per heavy atom. The largest absolute Gasteiger partial charge is 0.354 e. The van der Waals surface area contributed by atoms with Gasteiger partial charge in [0.2, 0.25) is 11.7 Å². The molecule has 1 unspecified atom stereocenters. The van der Waals surface area contributed by atoms with Gasteiger partial charge in [0, 0.05) is 28.4 Å². The zero-order valence-corrected chi connectivity index (χ0v) is 18.5. The van der Waals surface area contributed by atoms with Gasteiger partial charge in [0.1, 0.15) is 6.04 Å². The number of ketones is 1. The number of aliphatic imine (C=N–C) groups is 1. The average Bonchev–Trinajstić information content (AvgIpc) is 2.83. The lowest BCUT2D eigenvalue weighted by molar-refractivity contribution is -0.122. The van der Waals surface area contributed by atoms with E-state index in [0.29, 0.717) is 28.5 Å². The summed E-state index contributed by atoms with van der Waals surface area (Å²) in [6.45, 7) is 2.65. The van der Waals surface area contributed by atoms with Gasteiger partial charge in [-0.1, -0.05) is 73.5 Å². The predicted molar refractivity (Wildman–Crippen MR) is 129 cm³/mol. The molecule has 162 valence electrons. The Morgan fingerprint density at radius 1 is 0.969 bits per heavy atom. The second-order valence-electron chi connectivity index (χ2n) is 7.58. The number of hydrogen-bond acceptors (Lipinski definition) is 4. The Hall–Kier alpha value is -3.44. The van der Waals surface area contributed by atoms with Gasteiger partial charge in [0.05, 0.1) is 5.69 Å². The number of halogens is 1. The third-order valence-electron chi connectivity index (χ3n) is 5.37. The number of amidine groups is 1. The Morgan fingerprint density at radius 2 is 1.66 bits per heavy atom. The Bertz CT molecular complexity index is 1140. The molecule has 0 spiro atoms. The number of unbranched alkanes of at least 4 members (excludes halogenated alkanes) is 1. The highest BCUT2D eigenvalue weighted by atomic mass is 35.5. The highest BCUT2D eigenvalue weighted by molar-refractivity contribution is 6.50. The van der Waals surface area contributed by atoms with Crippen LogP contribution in [0.3, 0.4) is 0 Å². The van der Waals surface area contributed by atoms with Crippen molar-refractivity contribution in [3.63, 3.8) is 0 Å². The Balaban J connectivity index is 1.86. The molecule has 0 fully saturated rings. The molecule has 0 bridgehead atoms. The topological polar surface area (TPSA) is 61.8 Å². The zero-order valence-electron chi connectivity index (χ0n) is 17.8. The van der Waals surface area contributed by atoms with Gasteiger partial charge in [-0.25, -0.2) is 4.99 Å². The highest BCUT2D eigenvalue weighted by Gasteiger charge is 2.38. The molecular weight excluding hydrogens is 422 g/mol. The predicted octanol–water partition coefficient (Wildman–Crippen LogP) is 5.73. The molecular formula is C26H24ClN3O2. The van der Waals surface area contributed by atoms with Crippen LogP contribution in [0.15, 0.2) is 83.9 Å². The maximum Gasteiger partial charge on any atom is 0.247 e. The fourth-order valence-electron chi connectivity index (χ4n) is 3.75. The van der Waals surface area contributed by atoms with Crippen LogP contribution in [0.2, 0.25) is 5.02 Å². The van der Waals surface area contributed by atoms with Gasteiger partial charge >= 0.3 is 0 Å². The summed E-state index contributed by atoms with van der Waals surface area (Å²) in [4.78, 5) is 33.4. The molecule has 0 aliphatic carbocycles. The van der Waals surface area contributed by atoms with Gasteiger partial charge < -0.3 is 10.2 Å². The van der Waals surface area contributed by atoms with Crippen LogP contribution in [0.4, 0.5) is 11.4 Å². The smallest absolute Gasteiger partial charge is 0.247 e. The molecule has 0 radical (unpaired) electrons. The lowest BCUT2D eigenvalue weighted by atomic mass is 9.97. The molecule has 1 aliphatic rings. The summed E-state index contributed by atoms with van der Waals surface area (Å²) < 4.78 is 0. The number of Topliss-reactive ketones (excluding diaryl/α,β-unsaturated/α-hetero) is 1. The lowest BCUT2D eigenvalue weighted by Gasteiger charge is -2.36. The van der Waals surface area contributed by atoms with Crippen molar-refractivity contribution >= 4 is 40.5 Å². The fourth-order valence-corrected chi connectivity index (χ4v) is 3.87. The van der Waals surface area contributed by atoms with E-state index < -0.39 is 6.04 Å². The number of carbonyl (C=O) groups is 2. The van der Waals surface area contributed by atoms with E-state index in [1.54, 1.807) is 41.3 Å².